The Morgan fingerprint density at radius 3 is 2.33 bits per heavy atom. The minimum Gasteiger partial charge on any atom is -0.372 e. The molecule has 0 amide bonds. The molecule has 0 bridgehead atoms. The van der Waals surface area contributed by atoms with E-state index in [0.29, 0.717) is 0 Å². The van der Waals surface area contributed by atoms with Crippen LogP contribution >= 0.6 is 12.2 Å². The van der Waals surface area contributed by atoms with Crippen molar-refractivity contribution in [2.75, 3.05) is 0 Å². The molecule has 2 aromatic carbocycles. The molecule has 2 aromatic rings. The van der Waals surface area contributed by atoms with Crippen molar-refractivity contribution in [3.05, 3.63) is 70.8 Å². The highest BCUT2D eigenvalue weighted by atomic mass is 32.1. The molecule has 0 atom stereocenters. The highest BCUT2D eigenvalue weighted by Gasteiger charge is 2.01. The average Bonchev–Trinajstić information content (AvgIpc) is 2.36. The normalized spacial score (nSPS) is 10.1. The van der Waals surface area contributed by atoms with Gasteiger partial charge in [-0.15, -0.1) is 0 Å². The molecule has 0 aromatic heterocycles. The standard InChI is InChI=1S/C16H17NS/c1-12-5-3-7-14(9-12)11-17-16(18)15-8-4-6-13(2)10-15/h3-10H,11H2,1-2H3,(H,17,18). The van der Waals surface area contributed by atoms with Crippen LogP contribution in [0.1, 0.15) is 22.3 Å². The summed E-state index contributed by atoms with van der Waals surface area (Å²) in [6, 6.07) is 16.7. The first kappa shape index (κ1) is 12.8. The quantitative estimate of drug-likeness (QED) is 0.838. The molecule has 18 heavy (non-hydrogen) atoms. The first-order valence-electron chi connectivity index (χ1n) is 6.05. The summed E-state index contributed by atoms with van der Waals surface area (Å²) in [5.74, 6) is 0. The fraction of sp³-hybridized carbons (Fsp3) is 0.188. The topological polar surface area (TPSA) is 12.0 Å². The Labute approximate surface area is 114 Å². The maximum atomic E-state index is 5.40. The van der Waals surface area contributed by atoms with Gasteiger partial charge in [-0.1, -0.05) is 65.8 Å². The van der Waals surface area contributed by atoms with Gasteiger partial charge in [0, 0.05) is 12.1 Å². The lowest BCUT2D eigenvalue weighted by molar-refractivity contribution is 0.926. The third kappa shape index (κ3) is 3.41. The van der Waals surface area contributed by atoms with Crippen LogP contribution in [0.25, 0.3) is 0 Å². The predicted octanol–water partition coefficient (Wildman–Crippen LogP) is 3.77. The molecular formula is C16H17NS. The highest BCUT2D eigenvalue weighted by molar-refractivity contribution is 7.80. The van der Waals surface area contributed by atoms with Crippen molar-refractivity contribution >= 4 is 17.2 Å². The van der Waals surface area contributed by atoms with Crippen LogP contribution in [0.2, 0.25) is 0 Å². The zero-order chi connectivity index (χ0) is 13.0. The van der Waals surface area contributed by atoms with Gasteiger partial charge < -0.3 is 5.32 Å². The molecule has 2 heteroatoms. The summed E-state index contributed by atoms with van der Waals surface area (Å²) in [5.41, 5.74) is 4.84. The molecule has 1 nitrogen and oxygen atoms in total. The molecule has 92 valence electrons. The van der Waals surface area contributed by atoms with Crippen molar-refractivity contribution in [1.82, 2.24) is 5.32 Å². The maximum absolute atomic E-state index is 5.40. The molecule has 0 radical (unpaired) electrons. The van der Waals surface area contributed by atoms with Crippen LogP contribution in [0, 0.1) is 13.8 Å². The Morgan fingerprint density at radius 2 is 1.67 bits per heavy atom. The second-order valence-corrected chi connectivity index (χ2v) is 4.95. The summed E-state index contributed by atoms with van der Waals surface area (Å²) < 4.78 is 0. The molecule has 0 aliphatic carbocycles. The Hall–Kier alpha value is -1.67. The number of nitrogens with one attached hydrogen (secondary N) is 1. The van der Waals surface area contributed by atoms with Gasteiger partial charge in [-0.3, -0.25) is 0 Å². The zero-order valence-corrected chi connectivity index (χ0v) is 11.6. The predicted molar refractivity (Wildman–Crippen MR) is 80.9 cm³/mol. The fourth-order valence-electron chi connectivity index (χ4n) is 1.89. The Bertz CT molecular complexity index is 561. The smallest absolute Gasteiger partial charge is 0.106 e. The van der Waals surface area contributed by atoms with Crippen molar-refractivity contribution in [2.24, 2.45) is 0 Å². The lowest BCUT2D eigenvalue weighted by Gasteiger charge is -2.09. The summed E-state index contributed by atoms with van der Waals surface area (Å²) in [4.78, 5) is 0.806. The van der Waals surface area contributed by atoms with E-state index in [1.807, 2.05) is 12.1 Å². The third-order valence-corrected chi connectivity index (χ3v) is 3.20. The van der Waals surface area contributed by atoms with Crippen LogP contribution in [-0.4, -0.2) is 4.99 Å². The minimum atomic E-state index is 0.772. The van der Waals surface area contributed by atoms with Gasteiger partial charge in [0.15, 0.2) is 0 Å². The van der Waals surface area contributed by atoms with E-state index >= 15 is 0 Å². The van der Waals surface area contributed by atoms with Gasteiger partial charge >= 0.3 is 0 Å². The highest BCUT2D eigenvalue weighted by Crippen LogP contribution is 2.07. The monoisotopic (exact) mass is 255 g/mol. The summed E-state index contributed by atoms with van der Waals surface area (Å²) in [6.07, 6.45) is 0. The second-order valence-electron chi connectivity index (χ2n) is 4.54. The zero-order valence-electron chi connectivity index (χ0n) is 10.7. The average molecular weight is 255 g/mol. The fourth-order valence-corrected chi connectivity index (χ4v) is 2.09. The van der Waals surface area contributed by atoms with Crippen molar-refractivity contribution in [3.63, 3.8) is 0 Å². The molecule has 0 saturated heterocycles. The molecular weight excluding hydrogens is 238 g/mol. The largest absolute Gasteiger partial charge is 0.372 e. The molecule has 0 aliphatic rings. The van der Waals surface area contributed by atoms with Gasteiger partial charge in [0.2, 0.25) is 0 Å². The van der Waals surface area contributed by atoms with E-state index in [-0.39, 0.29) is 0 Å². The van der Waals surface area contributed by atoms with Gasteiger partial charge in [0.05, 0.1) is 0 Å². The lowest BCUT2D eigenvalue weighted by Crippen LogP contribution is -2.21. The van der Waals surface area contributed by atoms with E-state index < -0.39 is 0 Å². The lowest BCUT2D eigenvalue weighted by atomic mass is 10.1. The number of thiocarbonyl (C=S) groups is 1. The molecule has 0 spiro atoms. The van der Waals surface area contributed by atoms with E-state index in [2.05, 4.69) is 55.6 Å². The molecule has 0 heterocycles. The van der Waals surface area contributed by atoms with Crippen LogP contribution in [-0.2, 0) is 6.54 Å². The van der Waals surface area contributed by atoms with Gasteiger partial charge in [-0.2, -0.15) is 0 Å². The van der Waals surface area contributed by atoms with E-state index in [1.165, 1.54) is 16.7 Å². The molecule has 0 fully saturated rings. The number of benzene rings is 2. The summed E-state index contributed by atoms with van der Waals surface area (Å²) >= 11 is 5.40. The summed E-state index contributed by atoms with van der Waals surface area (Å²) in [7, 11) is 0. The van der Waals surface area contributed by atoms with E-state index in [9.17, 15) is 0 Å². The Kier molecular flexibility index (Phi) is 4.11. The van der Waals surface area contributed by atoms with Gasteiger partial charge in [0.25, 0.3) is 0 Å². The minimum absolute atomic E-state index is 0.772. The molecule has 2 rings (SSSR count). The molecule has 0 aliphatic heterocycles. The Morgan fingerprint density at radius 1 is 1.00 bits per heavy atom. The van der Waals surface area contributed by atoms with Crippen molar-refractivity contribution < 1.29 is 0 Å². The SMILES string of the molecule is Cc1cccc(CNC(=S)c2cccc(C)c2)c1. The van der Waals surface area contributed by atoms with E-state index in [4.69, 9.17) is 12.2 Å². The van der Waals surface area contributed by atoms with Crippen molar-refractivity contribution in [1.29, 1.82) is 0 Å². The van der Waals surface area contributed by atoms with E-state index in [1.54, 1.807) is 0 Å². The van der Waals surface area contributed by atoms with Crippen LogP contribution in [0.15, 0.2) is 48.5 Å². The van der Waals surface area contributed by atoms with Crippen LogP contribution < -0.4 is 5.32 Å². The maximum Gasteiger partial charge on any atom is 0.106 e. The second kappa shape index (κ2) is 5.78. The molecule has 0 saturated carbocycles. The van der Waals surface area contributed by atoms with Crippen LogP contribution in [0.4, 0.5) is 0 Å². The summed E-state index contributed by atoms with van der Waals surface area (Å²) in [5, 5.41) is 3.30. The molecule has 1 N–H and O–H groups in total. The molecule has 0 unspecified atom stereocenters. The number of hydrogen-bond acceptors (Lipinski definition) is 1. The van der Waals surface area contributed by atoms with Gasteiger partial charge in [-0.25, -0.2) is 0 Å². The van der Waals surface area contributed by atoms with Crippen molar-refractivity contribution in [2.45, 2.75) is 20.4 Å². The first-order valence-corrected chi connectivity index (χ1v) is 6.46. The first-order chi connectivity index (χ1) is 8.65. The van der Waals surface area contributed by atoms with Crippen molar-refractivity contribution in [3.8, 4) is 0 Å². The number of rotatable bonds is 3. The summed E-state index contributed by atoms with van der Waals surface area (Å²) in [6.45, 7) is 4.95. The third-order valence-electron chi connectivity index (χ3n) is 2.82. The van der Waals surface area contributed by atoms with Crippen LogP contribution in [0.5, 0.6) is 0 Å². The van der Waals surface area contributed by atoms with Crippen LogP contribution in [0.3, 0.4) is 0 Å². The van der Waals surface area contributed by atoms with Gasteiger partial charge in [0.1, 0.15) is 4.99 Å². The number of hydrogen-bond donors (Lipinski definition) is 1. The van der Waals surface area contributed by atoms with E-state index in [0.717, 1.165) is 17.1 Å². The van der Waals surface area contributed by atoms with Gasteiger partial charge in [-0.05, 0) is 25.5 Å². The Balaban J connectivity index is 2.00. The number of aryl methyl sites for hydroxylation is 2.